The molecule has 3 heterocycles. The second-order valence-corrected chi connectivity index (χ2v) is 4.90. The number of aromatic nitrogens is 2. The minimum Gasteiger partial charge on any atom is -0.379 e. The Morgan fingerprint density at radius 2 is 2.32 bits per heavy atom. The van der Waals surface area contributed by atoms with E-state index >= 15 is 0 Å². The van der Waals surface area contributed by atoms with Crippen LogP contribution in [0.2, 0.25) is 0 Å². The first-order valence-electron chi connectivity index (χ1n) is 6.73. The van der Waals surface area contributed by atoms with E-state index in [4.69, 9.17) is 4.74 Å². The van der Waals surface area contributed by atoms with E-state index in [-0.39, 0.29) is 11.9 Å². The lowest BCUT2D eigenvalue weighted by molar-refractivity contribution is -0.118. The number of carbonyl (C=O) groups excluding carboxylic acids is 1. The predicted octanol–water partition coefficient (Wildman–Crippen LogP) is 0.895. The van der Waals surface area contributed by atoms with Crippen LogP contribution in [0.4, 0.5) is 11.5 Å². The van der Waals surface area contributed by atoms with Gasteiger partial charge in [-0.3, -0.25) is 4.79 Å². The molecule has 1 atom stereocenters. The highest BCUT2D eigenvalue weighted by Crippen LogP contribution is 2.33. The van der Waals surface area contributed by atoms with Gasteiger partial charge in [0.1, 0.15) is 17.6 Å². The van der Waals surface area contributed by atoms with Crippen molar-refractivity contribution in [2.24, 2.45) is 0 Å². The molecular formula is C13H18N4O2. The van der Waals surface area contributed by atoms with Crippen LogP contribution in [0.15, 0.2) is 0 Å². The molecule has 1 fully saturated rings. The van der Waals surface area contributed by atoms with Gasteiger partial charge in [-0.25, -0.2) is 9.97 Å². The van der Waals surface area contributed by atoms with Gasteiger partial charge >= 0.3 is 0 Å². The monoisotopic (exact) mass is 262 g/mol. The summed E-state index contributed by atoms with van der Waals surface area (Å²) in [6.07, 6.45) is 1.69. The Hall–Kier alpha value is -1.69. The summed E-state index contributed by atoms with van der Waals surface area (Å²) >= 11 is 0. The Bertz CT molecular complexity index is 518. The second-order valence-electron chi connectivity index (χ2n) is 4.90. The van der Waals surface area contributed by atoms with Crippen molar-refractivity contribution in [1.82, 2.24) is 9.97 Å². The molecule has 6 nitrogen and oxygen atoms in total. The van der Waals surface area contributed by atoms with Crippen LogP contribution in [0.1, 0.15) is 24.9 Å². The Morgan fingerprint density at radius 3 is 3.11 bits per heavy atom. The number of nitrogens with zero attached hydrogens (tertiary/aromatic N) is 3. The first kappa shape index (κ1) is 12.3. The van der Waals surface area contributed by atoms with Gasteiger partial charge in [-0.05, 0) is 19.8 Å². The van der Waals surface area contributed by atoms with Crippen LogP contribution in [-0.4, -0.2) is 41.7 Å². The van der Waals surface area contributed by atoms with Crippen LogP contribution in [0.25, 0.3) is 0 Å². The summed E-state index contributed by atoms with van der Waals surface area (Å²) in [5, 5.41) is 2.95. The first-order chi connectivity index (χ1) is 9.20. The maximum absolute atomic E-state index is 12.2. The molecule has 102 valence electrons. The van der Waals surface area contributed by atoms with Crippen molar-refractivity contribution in [3.8, 4) is 0 Å². The van der Waals surface area contributed by atoms with Crippen LogP contribution in [0, 0.1) is 6.92 Å². The van der Waals surface area contributed by atoms with Crippen LogP contribution in [0.5, 0.6) is 0 Å². The quantitative estimate of drug-likeness (QED) is 0.814. The molecule has 1 aromatic heterocycles. The molecule has 2 aliphatic heterocycles. The lowest BCUT2D eigenvalue weighted by Crippen LogP contribution is -2.50. The fourth-order valence-electron chi connectivity index (χ4n) is 2.66. The minimum absolute atomic E-state index is 0.0171. The number of anilines is 2. The lowest BCUT2D eigenvalue weighted by Gasteiger charge is -2.35. The molecule has 0 spiro atoms. The third-order valence-electron chi connectivity index (χ3n) is 3.57. The molecule has 2 aliphatic rings. The van der Waals surface area contributed by atoms with Gasteiger partial charge in [-0.2, -0.15) is 0 Å². The maximum atomic E-state index is 12.2. The van der Waals surface area contributed by atoms with Gasteiger partial charge < -0.3 is 15.0 Å². The third-order valence-corrected chi connectivity index (χ3v) is 3.57. The van der Waals surface area contributed by atoms with Gasteiger partial charge in [0.15, 0.2) is 5.82 Å². The van der Waals surface area contributed by atoms with E-state index in [2.05, 4.69) is 20.2 Å². The summed E-state index contributed by atoms with van der Waals surface area (Å²) in [6, 6.07) is -0.269. The van der Waals surface area contributed by atoms with Crippen molar-refractivity contribution >= 4 is 17.4 Å². The van der Waals surface area contributed by atoms with Crippen molar-refractivity contribution in [2.45, 2.75) is 32.7 Å². The molecule has 0 saturated carbocycles. The van der Waals surface area contributed by atoms with Crippen LogP contribution >= 0.6 is 0 Å². The summed E-state index contributed by atoms with van der Waals surface area (Å²) in [6.45, 7) is 5.84. The number of fused-ring (bicyclic) bond motifs is 3. The lowest BCUT2D eigenvalue weighted by atomic mass is 10.1. The summed E-state index contributed by atoms with van der Waals surface area (Å²) in [7, 11) is 0. The molecule has 1 aromatic rings. The van der Waals surface area contributed by atoms with E-state index in [9.17, 15) is 4.79 Å². The summed E-state index contributed by atoms with van der Waals surface area (Å²) < 4.78 is 5.49. The zero-order valence-electron chi connectivity index (χ0n) is 11.3. The molecule has 1 unspecified atom stereocenters. The largest absolute Gasteiger partial charge is 0.379 e. The average Bonchev–Trinajstić information content (AvgIpc) is 2.65. The van der Waals surface area contributed by atoms with Gasteiger partial charge in [-0.1, -0.05) is 6.92 Å². The van der Waals surface area contributed by atoms with Gasteiger partial charge in [0.25, 0.3) is 0 Å². The SMILES string of the molecule is CCc1nc(C)nc2c1NC(=O)C1COCCCN21. The molecule has 0 bridgehead atoms. The zero-order valence-corrected chi connectivity index (χ0v) is 11.3. The summed E-state index contributed by atoms with van der Waals surface area (Å²) in [5.74, 6) is 1.58. The number of aryl methyl sites for hydroxylation is 2. The Balaban J connectivity index is 2.11. The maximum Gasteiger partial charge on any atom is 0.249 e. The number of amides is 1. The van der Waals surface area contributed by atoms with Gasteiger partial charge in [0, 0.05) is 13.2 Å². The zero-order chi connectivity index (χ0) is 13.4. The van der Waals surface area contributed by atoms with E-state index in [0.717, 1.165) is 42.4 Å². The van der Waals surface area contributed by atoms with Crippen molar-refractivity contribution in [3.63, 3.8) is 0 Å². The van der Waals surface area contributed by atoms with E-state index in [0.29, 0.717) is 13.2 Å². The third kappa shape index (κ3) is 2.06. The predicted molar refractivity (Wildman–Crippen MR) is 71.3 cm³/mol. The highest BCUT2D eigenvalue weighted by Gasteiger charge is 2.36. The van der Waals surface area contributed by atoms with Crippen LogP contribution in [-0.2, 0) is 16.0 Å². The van der Waals surface area contributed by atoms with Crippen molar-refractivity contribution in [3.05, 3.63) is 11.5 Å². The van der Waals surface area contributed by atoms with E-state index in [1.165, 1.54) is 0 Å². The van der Waals surface area contributed by atoms with Crippen LogP contribution < -0.4 is 10.2 Å². The molecule has 0 aliphatic carbocycles. The average molecular weight is 262 g/mol. The van der Waals surface area contributed by atoms with Gasteiger partial charge in [0.2, 0.25) is 5.91 Å². The topological polar surface area (TPSA) is 67.3 Å². The molecule has 1 amide bonds. The van der Waals surface area contributed by atoms with Crippen LogP contribution in [0.3, 0.4) is 0 Å². The standard InChI is InChI=1S/C13H18N4O2/c1-3-9-11-12(15-8(2)14-9)17-5-4-6-19-7-10(17)13(18)16-11/h10H,3-7H2,1-2H3,(H,16,18). The number of carbonyl (C=O) groups is 1. The Labute approximate surface area is 112 Å². The van der Waals surface area contributed by atoms with E-state index in [1.54, 1.807) is 0 Å². The summed E-state index contributed by atoms with van der Waals surface area (Å²) in [5.41, 5.74) is 1.68. The van der Waals surface area contributed by atoms with E-state index < -0.39 is 0 Å². The molecule has 19 heavy (non-hydrogen) atoms. The molecule has 3 rings (SSSR count). The molecule has 1 saturated heterocycles. The second kappa shape index (κ2) is 4.77. The van der Waals surface area contributed by atoms with Gasteiger partial charge in [0.05, 0.1) is 12.3 Å². The molecule has 6 heteroatoms. The Morgan fingerprint density at radius 1 is 1.47 bits per heavy atom. The molecule has 1 N–H and O–H groups in total. The fourth-order valence-corrected chi connectivity index (χ4v) is 2.66. The van der Waals surface area contributed by atoms with Crippen molar-refractivity contribution < 1.29 is 9.53 Å². The highest BCUT2D eigenvalue weighted by atomic mass is 16.5. The van der Waals surface area contributed by atoms with Crippen molar-refractivity contribution in [2.75, 3.05) is 30.0 Å². The normalized spacial score (nSPS) is 22.3. The minimum atomic E-state index is -0.269. The molecule has 0 radical (unpaired) electrons. The summed E-state index contributed by atoms with van der Waals surface area (Å²) in [4.78, 5) is 23.2. The number of hydrogen-bond donors (Lipinski definition) is 1. The van der Waals surface area contributed by atoms with E-state index in [1.807, 2.05) is 13.8 Å². The number of rotatable bonds is 1. The highest BCUT2D eigenvalue weighted by molar-refractivity contribution is 6.03. The fraction of sp³-hybridized carbons (Fsp3) is 0.615. The molecular weight excluding hydrogens is 244 g/mol. The smallest absolute Gasteiger partial charge is 0.249 e. The first-order valence-corrected chi connectivity index (χ1v) is 6.73. The number of ether oxygens (including phenoxy) is 1. The number of nitrogens with one attached hydrogen (secondary N) is 1. The van der Waals surface area contributed by atoms with Crippen molar-refractivity contribution in [1.29, 1.82) is 0 Å². The number of hydrogen-bond acceptors (Lipinski definition) is 5. The van der Waals surface area contributed by atoms with Gasteiger partial charge in [-0.15, -0.1) is 0 Å². The Kier molecular flexibility index (Phi) is 3.10. The molecule has 0 aromatic carbocycles.